The summed E-state index contributed by atoms with van der Waals surface area (Å²) in [5, 5.41) is 9.42. The monoisotopic (exact) mass is 492 g/mol. The van der Waals surface area contributed by atoms with E-state index >= 15 is 0 Å². The third-order valence-corrected chi connectivity index (χ3v) is 7.80. The average Bonchev–Trinajstić information content (AvgIpc) is 3.55. The van der Waals surface area contributed by atoms with Gasteiger partial charge in [-0.05, 0) is 48.7 Å². The molecule has 2 aliphatic rings. The number of carbonyl (C=O) groups excluding carboxylic acids is 1. The number of aromatic nitrogens is 3. The number of fused-ring (bicyclic) bond motifs is 1. The molecule has 5 rings (SSSR count). The second kappa shape index (κ2) is 9.59. The van der Waals surface area contributed by atoms with Gasteiger partial charge in [0.05, 0.1) is 18.4 Å². The van der Waals surface area contributed by atoms with Gasteiger partial charge in [0.1, 0.15) is 5.82 Å². The number of hydrogen-bond acceptors (Lipinski definition) is 6. The van der Waals surface area contributed by atoms with Crippen molar-refractivity contribution in [1.82, 2.24) is 14.8 Å². The molecule has 1 unspecified atom stereocenters. The maximum absolute atomic E-state index is 13.5. The van der Waals surface area contributed by atoms with Gasteiger partial charge in [-0.1, -0.05) is 43.8 Å². The van der Waals surface area contributed by atoms with E-state index in [1.165, 1.54) is 29.5 Å². The number of benzene rings is 2. The van der Waals surface area contributed by atoms with Crippen LogP contribution in [-0.4, -0.2) is 46.1 Å². The SMILES string of the molecule is CN1/C(=C\C(=O)CSc2nnc(-c3ccc(F)cc3)n2CC2CCCO2)C(C)(C)c2ccccc21. The van der Waals surface area contributed by atoms with Crippen molar-refractivity contribution < 1.29 is 13.9 Å². The average molecular weight is 493 g/mol. The molecule has 182 valence electrons. The molecule has 0 radical (unpaired) electrons. The van der Waals surface area contributed by atoms with Crippen LogP contribution < -0.4 is 4.90 Å². The third-order valence-electron chi connectivity index (χ3n) is 6.81. The number of ketones is 1. The van der Waals surface area contributed by atoms with Crippen LogP contribution in [0, 0.1) is 5.82 Å². The molecule has 0 aliphatic carbocycles. The van der Waals surface area contributed by atoms with Gasteiger partial charge in [0.25, 0.3) is 0 Å². The van der Waals surface area contributed by atoms with Crippen molar-refractivity contribution in [2.24, 2.45) is 0 Å². The summed E-state index contributed by atoms with van der Waals surface area (Å²) < 4.78 is 21.3. The van der Waals surface area contributed by atoms with Gasteiger partial charge in [-0.3, -0.25) is 9.36 Å². The zero-order chi connectivity index (χ0) is 24.6. The molecule has 1 atom stereocenters. The van der Waals surface area contributed by atoms with E-state index in [0.717, 1.165) is 36.4 Å². The maximum atomic E-state index is 13.5. The predicted octanol–water partition coefficient (Wildman–Crippen LogP) is 5.24. The first kappa shape index (κ1) is 23.8. The van der Waals surface area contributed by atoms with Crippen molar-refractivity contribution in [2.75, 3.05) is 24.3 Å². The van der Waals surface area contributed by atoms with E-state index in [0.29, 0.717) is 17.5 Å². The number of para-hydroxylation sites is 1. The molecule has 0 saturated carbocycles. The quantitative estimate of drug-likeness (QED) is 0.332. The second-order valence-corrected chi connectivity index (χ2v) is 10.5. The van der Waals surface area contributed by atoms with Gasteiger partial charge in [-0.15, -0.1) is 10.2 Å². The normalized spacial score (nSPS) is 19.9. The van der Waals surface area contributed by atoms with Gasteiger partial charge in [-0.25, -0.2) is 4.39 Å². The number of hydrogen-bond donors (Lipinski definition) is 0. The summed E-state index contributed by atoms with van der Waals surface area (Å²) in [5.41, 5.74) is 3.86. The zero-order valence-corrected chi connectivity index (χ0v) is 21.0. The van der Waals surface area contributed by atoms with E-state index in [4.69, 9.17) is 4.74 Å². The highest BCUT2D eigenvalue weighted by molar-refractivity contribution is 7.99. The number of nitrogens with zero attached hydrogens (tertiary/aromatic N) is 4. The zero-order valence-electron chi connectivity index (χ0n) is 20.2. The van der Waals surface area contributed by atoms with Gasteiger partial charge < -0.3 is 9.64 Å². The molecule has 2 aromatic carbocycles. The van der Waals surface area contributed by atoms with Gasteiger partial charge in [0.2, 0.25) is 0 Å². The molecule has 6 nitrogen and oxygen atoms in total. The number of rotatable bonds is 7. The highest BCUT2D eigenvalue weighted by Gasteiger charge is 2.38. The molecular formula is C27H29FN4O2S. The van der Waals surface area contributed by atoms with E-state index in [-0.39, 0.29) is 28.9 Å². The van der Waals surface area contributed by atoms with E-state index < -0.39 is 0 Å². The summed E-state index contributed by atoms with van der Waals surface area (Å²) in [4.78, 5) is 15.2. The summed E-state index contributed by atoms with van der Waals surface area (Å²) >= 11 is 1.37. The number of allylic oxidation sites excluding steroid dienone is 2. The Labute approximate surface area is 209 Å². The molecule has 3 aromatic rings. The largest absolute Gasteiger partial charge is 0.376 e. The smallest absolute Gasteiger partial charge is 0.192 e. The van der Waals surface area contributed by atoms with Gasteiger partial charge in [0, 0.05) is 42.1 Å². The van der Waals surface area contributed by atoms with Crippen LogP contribution in [0.2, 0.25) is 0 Å². The molecular weight excluding hydrogens is 463 g/mol. The van der Waals surface area contributed by atoms with E-state index in [9.17, 15) is 9.18 Å². The minimum absolute atomic E-state index is 0.0210. The Balaban J connectivity index is 1.36. The minimum atomic E-state index is -0.297. The fourth-order valence-corrected chi connectivity index (χ4v) is 5.72. The van der Waals surface area contributed by atoms with Crippen molar-refractivity contribution in [2.45, 2.75) is 49.9 Å². The molecule has 3 heterocycles. The topological polar surface area (TPSA) is 60.2 Å². The number of halogens is 1. The van der Waals surface area contributed by atoms with Crippen molar-refractivity contribution in [3.05, 3.63) is 71.7 Å². The molecule has 1 fully saturated rings. The Kier molecular flexibility index (Phi) is 6.51. The van der Waals surface area contributed by atoms with E-state index in [1.807, 2.05) is 23.7 Å². The lowest BCUT2D eigenvalue weighted by atomic mass is 9.83. The first-order chi connectivity index (χ1) is 16.8. The fraction of sp³-hybridized carbons (Fsp3) is 0.370. The molecule has 1 aromatic heterocycles. The van der Waals surface area contributed by atoms with Crippen LogP contribution in [0.3, 0.4) is 0 Å². The summed E-state index contributed by atoms with van der Waals surface area (Å²) in [6.07, 6.45) is 3.83. The number of thioether (sulfide) groups is 1. The molecule has 1 saturated heterocycles. The summed E-state index contributed by atoms with van der Waals surface area (Å²) in [6, 6.07) is 14.5. The molecule has 0 bridgehead atoms. The summed E-state index contributed by atoms with van der Waals surface area (Å²) in [5.74, 6) is 0.624. The number of anilines is 1. The number of likely N-dealkylation sites (N-methyl/N-ethyl adjacent to an activating group) is 1. The first-order valence-electron chi connectivity index (χ1n) is 11.9. The van der Waals surface area contributed by atoms with Gasteiger partial charge in [-0.2, -0.15) is 0 Å². The highest BCUT2D eigenvalue weighted by atomic mass is 32.2. The lowest BCUT2D eigenvalue weighted by Gasteiger charge is -2.23. The van der Waals surface area contributed by atoms with Crippen molar-refractivity contribution in [3.63, 3.8) is 0 Å². The lowest BCUT2D eigenvalue weighted by molar-refractivity contribution is -0.112. The van der Waals surface area contributed by atoms with Crippen LogP contribution in [0.4, 0.5) is 10.1 Å². The predicted molar refractivity (Wildman–Crippen MR) is 136 cm³/mol. The highest BCUT2D eigenvalue weighted by Crippen LogP contribution is 2.46. The number of ether oxygens (including phenoxy) is 1. The fourth-order valence-electron chi connectivity index (χ4n) is 4.95. The molecule has 0 spiro atoms. The van der Waals surface area contributed by atoms with Crippen LogP contribution >= 0.6 is 11.8 Å². The van der Waals surface area contributed by atoms with Crippen molar-refractivity contribution in [3.8, 4) is 11.4 Å². The van der Waals surface area contributed by atoms with Gasteiger partial charge in [0.15, 0.2) is 16.8 Å². The van der Waals surface area contributed by atoms with Crippen molar-refractivity contribution >= 4 is 23.2 Å². The molecule has 0 N–H and O–H groups in total. The molecule has 0 amide bonds. The Morgan fingerprint density at radius 3 is 2.69 bits per heavy atom. The Morgan fingerprint density at radius 1 is 1.20 bits per heavy atom. The van der Waals surface area contributed by atoms with Crippen molar-refractivity contribution in [1.29, 1.82) is 0 Å². The van der Waals surface area contributed by atoms with Crippen LogP contribution in [-0.2, 0) is 21.5 Å². The second-order valence-electron chi connectivity index (χ2n) is 9.54. The summed E-state index contributed by atoms with van der Waals surface area (Å²) in [7, 11) is 2.01. The molecule has 8 heteroatoms. The molecule has 2 aliphatic heterocycles. The Bertz CT molecular complexity index is 1260. The molecule has 35 heavy (non-hydrogen) atoms. The van der Waals surface area contributed by atoms with Gasteiger partial charge >= 0.3 is 0 Å². The minimum Gasteiger partial charge on any atom is -0.376 e. The van der Waals surface area contributed by atoms with Crippen LogP contribution in [0.25, 0.3) is 11.4 Å². The third kappa shape index (κ3) is 4.65. The Morgan fingerprint density at radius 2 is 1.97 bits per heavy atom. The van der Waals surface area contributed by atoms with E-state index in [2.05, 4.69) is 41.1 Å². The Hall–Kier alpha value is -2.97. The van der Waals surface area contributed by atoms with Crippen LogP contribution in [0.15, 0.2) is 65.5 Å². The maximum Gasteiger partial charge on any atom is 0.192 e. The van der Waals surface area contributed by atoms with E-state index in [1.54, 1.807) is 18.2 Å². The van der Waals surface area contributed by atoms with Crippen LogP contribution in [0.1, 0.15) is 32.3 Å². The first-order valence-corrected chi connectivity index (χ1v) is 12.8. The lowest BCUT2D eigenvalue weighted by Crippen LogP contribution is -2.24. The number of carbonyl (C=O) groups is 1. The standard InChI is InChI=1S/C27H29FN4O2S/c1-27(2)22-8-4-5-9-23(22)31(3)24(27)15-20(33)17-35-26-30-29-25(18-10-12-19(28)13-11-18)32(26)16-21-7-6-14-34-21/h4-5,8-13,15,21H,6-7,14,16-17H2,1-3H3/b24-15-. The summed E-state index contributed by atoms with van der Waals surface area (Å²) in [6.45, 7) is 5.64. The van der Waals surface area contributed by atoms with Crippen LogP contribution in [0.5, 0.6) is 0 Å².